The molecule has 3 rings (SSSR count). The van der Waals surface area contributed by atoms with Crippen molar-refractivity contribution in [1.29, 1.82) is 0 Å². The summed E-state index contributed by atoms with van der Waals surface area (Å²) in [5, 5.41) is 8.03. The lowest BCUT2D eigenvalue weighted by molar-refractivity contribution is 0.581. The van der Waals surface area contributed by atoms with Crippen molar-refractivity contribution in [2.24, 2.45) is 0 Å². The quantitative estimate of drug-likeness (QED) is 0.826. The van der Waals surface area contributed by atoms with Crippen LogP contribution in [0.15, 0.2) is 18.3 Å². The van der Waals surface area contributed by atoms with E-state index in [0.717, 1.165) is 49.8 Å². The highest BCUT2D eigenvalue weighted by Gasteiger charge is 2.13. The summed E-state index contributed by atoms with van der Waals surface area (Å²) in [6.45, 7) is 6.24. The third-order valence-electron chi connectivity index (χ3n) is 3.22. The highest BCUT2D eigenvalue weighted by atomic mass is 15.3. The first-order valence-corrected chi connectivity index (χ1v) is 6.18. The first kappa shape index (κ1) is 10.5. The molecule has 1 aliphatic rings. The van der Waals surface area contributed by atoms with E-state index >= 15 is 0 Å². The normalized spacial score (nSPS) is 16.6. The van der Waals surface area contributed by atoms with Crippen LogP contribution >= 0.6 is 0 Å². The van der Waals surface area contributed by atoms with E-state index in [2.05, 4.69) is 33.3 Å². The minimum atomic E-state index is 0.931. The van der Waals surface area contributed by atoms with Crippen LogP contribution in [0.5, 0.6) is 0 Å². The maximum atomic E-state index is 4.68. The van der Waals surface area contributed by atoms with Crippen LogP contribution in [0.3, 0.4) is 0 Å². The molecule has 0 saturated carbocycles. The van der Waals surface area contributed by atoms with Crippen molar-refractivity contribution in [2.45, 2.75) is 13.3 Å². The lowest BCUT2D eigenvalue weighted by Crippen LogP contribution is -2.44. The maximum Gasteiger partial charge on any atom is 0.153 e. The van der Waals surface area contributed by atoms with Gasteiger partial charge in [0, 0.05) is 26.2 Å². The van der Waals surface area contributed by atoms with E-state index in [9.17, 15) is 0 Å². The minimum absolute atomic E-state index is 0.931. The van der Waals surface area contributed by atoms with Gasteiger partial charge in [0.05, 0.1) is 11.9 Å². The van der Waals surface area contributed by atoms with E-state index in [1.54, 1.807) is 0 Å². The molecule has 0 unspecified atom stereocenters. The Morgan fingerprint density at radius 1 is 1.29 bits per heavy atom. The molecule has 0 amide bonds. The molecule has 1 saturated heterocycles. The second kappa shape index (κ2) is 4.33. The average Bonchev–Trinajstić information content (AvgIpc) is 2.81. The predicted octanol–water partition coefficient (Wildman–Crippen LogP) is 0.701. The number of hydrogen-bond donors (Lipinski definition) is 1. The van der Waals surface area contributed by atoms with E-state index in [-0.39, 0.29) is 0 Å². The summed E-state index contributed by atoms with van der Waals surface area (Å²) in [4.78, 5) is 6.66. The van der Waals surface area contributed by atoms with E-state index in [4.69, 9.17) is 0 Å². The number of hydrogen-bond acceptors (Lipinski definition) is 4. The molecule has 5 nitrogen and oxygen atoms in total. The molecule has 2 aromatic rings. The Bertz CT molecular complexity index is 513. The molecule has 0 aromatic carbocycles. The molecular weight excluding hydrogens is 214 g/mol. The van der Waals surface area contributed by atoms with Crippen LogP contribution in [0.2, 0.25) is 0 Å². The molecule has 1 aliphatic heterocycles. The van der Waals surface area contributed by atoms with Crippen LogP contribution in [-0.4, -0.2) is 40.8 Å². The lowest BCUT2D eigenvalue weighted by Gasteiger charge is -2.28. The fourth-order valence-corrected chi connectivity index (χ4v) is 2.21. The number of aryl methyl sites for hydroxylation is 1. The Balaban J connectivity index is 1.99. The zero-order valence-electron chi connectivity index (χ0n) is 10.1. The van der Waals surface area contributed by atoms with Gasteiger partial charge in [-0.2, -0.15) is 0 Å². The fourth-order valence-electron chi connectivity index (χ4n) is 2.21. The van der Waals surface area contributed by atoms with Gasteiger partial charge in [-0.1, -0.05) is 6.92 Å². The standard InChI is InChI=1S/C12H17N5/c1-2-10-9-14-11-3-4-12(15-17(10)11)16-7-5-13-6-8-16/h3-4,9,13H,2,5-8H2,1H3. The first-order chi connectivity index (χ1) is 8.38. The molecule has 3 heterocycles. The van der Waals surface area contributed by atoms with Gasteiger partial charge < -0.3 is 10.2 Å². The van der Waals surface area contributed by atoms with Crippen LogP contribution in [0.25, 0.3) is 5.65 Å². The van der Waals surface area contributed by atoms with Crippen molar-refractivity contribution in [3.05, 3.63) is 24.0 Å². The number of piperazine rings is 1. The molecule has 0 bridgehead atoms. The Kier molecular flexibility index (Phi) is 2.68. The molecule has 0 aliphatic carbocycles. The Labute approximate surface area is 100 Å². The third-order valence-corrected chi connectivity index (χ3v) is 3.22. The minimum Gasteiger partial charge on any atom is -0.353 e. The van der Waals surface area contributed by atoms with E-state index < -0.39 is 0 Å². The van der Waals surface area contributed by atoms with Gasteiger partial charge in [0.15, 0.2) is 5.65 Å². The van der Waals surface area contributed by atoms with Crippen molar-refractivity contribution in [3.63, 3.8) is 0 Å². The number of rotatable bonds is 2. The van der Waals surface area contributed by atoms with Crippen molar-refractivity contribution in [1.82, 2.24) is 19.9 Å². The van der Waals surface area contributed by atoms with Crippen LogP contribution in [0, 0.1) is 0 Å². The van der Waals surface area contributed by atoms with Gasteiger partial charge in [-0.15, -0.1) is 5.10 Å². The summed E-state index contributed by atoms with van der Waals surface area (Å²) in [5.41, 5.74) is 2.10. The van der Waals surface area contributed by atoms with Crippen molar-refractivity contribution in [3.8, 4) is 0 Å². The van der Waals surface area contributed by atoms with Crippen LogP contribution in [0.4, 0.5) is 5.82 Å². The molecule has 0 radical (unpaired) electrons. The Morgan fingerprint density at radius 3 is 2.88 bits per heavy atom. The molecule has 0 atom stereocenters. The zero-order valence-corrected chi connectivity index (χ0v) is 10.1. The second-order valence-electron chi connectivity index (χ2n) is 4.30. The van der Waals surface area contributed by atoms with Gasteiger partial charge in [-0.3, -0.25) is 0 Å². The summed E-state index contributed by atoms with van der Waals surface area (Å²) < 4.78 is 1.96. The first-order valence-electron chi connectivity index (χ1n) is 6.18. The van der Waals surface area contributed by atoms with Gasteiger partial charge in [0.25, 0.3) is 0 Å². The Hall–Kier alpha value is -1.62. The van der Waals surface area contributed by atoms with E-state index in [1.165, 1.54) is 0 Å². The van der Waals surface area contributed by atoms with Gasteiger partial charge in [-0.25, -0.2) is 9.50 Å². The van der Waals surface area contributed by atoms with Gasteiger partial charge in [0.1, 0.15) is 5.82 Å². The molecular formula is C12H17N5. The highest BCUT2D eigenvalue weighted by molar-refractivity contribution is 5.47. The van der Waals surface area contributed by atoms with Crippen molar-refractivity contribution < 1.29 is 0 Å². The van der Waals surface area contributed by atoms with Gasteiger partial charge >= 0.3 is 0 Å². The number of aromatic nitrogens is 3. The van der Waals surface area contributed by atoms with Crippen molar-refractivity contribution >= 4 is 11.5 Å². The second-order valence-corrected chi connectivity index (χ2v) is 4.30. The van der Waals surface area contributed by atoms with Gasteiger partial charge in [-0.05, 0) is 18.6 Å². The molecule has 2 aromatic heterocycles. The number of nitrogens with zero attached hydrogens (tertiary/aromatic N) is 4. The molecule has 90 valence electrons. The monoisotopic (exact) mass is 231 g/mol. The molecule has 1 fully saturated rings. The Morgan fingerprint density at radius 2 is 2.12 bits per heavy atom. The fraction of sp³-hybridized carbons (Fsp3) is 0.500. The van der Waals surface area contributed by atoms with E-state index in [1.807, 2.05) is 16.8 Å². The van der Waals surface area contributed by atoms with Crippen molar-refractivity contribution in [2.75, 3.05) is 31.1 Å². The van der Waals surface area contributed by atoms with E-state index in [0.29, 0.717) is 0 Å². The smallest absolute Gasteiger partial charge is 0.153 e. The summed E-state index contributed by atoms with van der Waals surface area (Å²) >= 11 is 0. The largest absolute Gasteiger partial charge is 0.353 e. The van der Waals surface area contributed by atoms with Gasteiger partial charge in [0.2, 0.25) is 0 Å². The summed E-state index contributed by atoms with van der Waals surface area (Å²) in [6, 6.07) is 4.11. The number of fused-ring (bicyclic) bond motifs is 1. The van der Waals surface area contributed by atoms with Crippen LogP contribution < -0.4 is 10.2 Å². The van der Waals surface area contributed by atoms with Crippen LogP contribution in [-0.2, 0) is 6.42 Å². The molecule has 5 heteroatoms. The van der Waals surface area contributed by atoms with Crippen LogP contribution in [0.1, 0.15) is 12.6 Å². The maximum absolute atomic E-state index is 4.68. The lowest BCUT2D eigenvalue weighted by atomic mass is 10.3. The highest BCUT2D eigenvalue weighted by Crippen LogP contribution is 2.14. The summed E-state index contributed by atoms with van der Waals surface area (Å²) in [7, 11) is 0. The summed E-state index contributed by atoms with van der Waals surface area (Å²) in [6.07, 6.45) is 2.86. The topological polar surface area (TPSA) is 45.5 Å². The SMILES string of the molecule is CCc1cnc2ccc(N3CCNCC3)nn12. The number of nitrogens with one attached hydrogen (secondary N) is 1. The average molecular weight is 231 g/mol. The number of imidazole rings is 1. The molecule has 17 heavy (non-hydrogen) atoms. The predicted molar refractivity (Wildman–Crippen MR) is 67.4 cm³/mol. The molecule has 0 spiro atoms. The molecule has 1 N–H and O–H groups in total. The third kappa shape index (κ3) is 1.86. The zero-order chi connectivity index (χ0) is 11.7. The summed E-state index contributed by atoms with van der Waals surface area (Å²) in [5.74, 6) is 1.05. The number of anilines is 1.